The van der Waals surface area contributed by atoms with Gasteiger partial charge in [-0.2, -0.15) is 26.3 Å². The maximum absolute atomic E-state index is 13.2. The third-order valence-corrected chi connectivity index (χ3v) is 2.67. The molecule has 136 valence electrons. The van der Waals surface area contributed by atoms with E-state index in [-0.39, 0.29) is 6.07 Å². The van der Waals surface area contributed by atoms with Crippen molar-refractivity contribution in [1.29, 1.82) is 0 Å². The molecule has 0 aliphatic rings. The van der Waals surface area contributed by atoms with Crippen LogP contribution >= 0.6 is 0 Å². The normalized spacial score (nSPS) is 13.1. The monoisotopic (exact) mass is 374 g/mol. The first-order valence-corrected chi connectivity index (χ1v) is 5.49. The molecule has 13 heteroatoms. The molecule has 1 rings (SSSR count). The number of halogens is 10. The molecule has 24 heavy (non-hydrogen) atoms. The summed E-state index contributed by atoms with van der Waals surface area (Å²) in [6.07, 6.45) is -13.2. The van der Waals surface area contributed by atoms with Crippen molar-refractivity contribution in [2.75, 3.05) is 0 Å². The van der Waals surface area contributed by atoms with Gasteiger partial charge in [0.25, 0.3) is 0 Å². The average molecular weight is 374 g/mol. The summed E-state index contributed by atoms with van der Waals surface area (Å²) in [5.74, 6) is -11.9. The molecule has 0 saturated carbocycles. The molecule has 0 amide bonds. The van der Waals surface area contributed by atoms with E-state index in [0.29, 0.717) is 0 Å². The lowest BCUT2D eigenvalue weighted by atomic mass is 10.0. The fourth-order valence-electron chi connectivity index (χ4n) is 1.38. The highest BCUT2D eigenvalue weighted by molar-refractivity contribution is 5.81. The van der Waals surface area contributed by atoms with E-state index < -0.39 is 59.4 Å². The van der Waals surface area contributed by atoms with Gasteiger partial charge in [-0.05, 0) is 0 Å². The first-order chi connectivity index (χ1) is 10.6. The minimum absolute atomic E-state index is 0.294. The Balaban J connectivity index is 3.18. The van der Waals surface area contributed by atoms with E-state index in [1.165, 1.54) is 0 Å². The van der Waals surface area contributed by atoms with Crippen LogP contribution in [-0.4, -0.2) is 29.0 Å². The van der Waals surface area contributed by atoms with Crippen LogP contribution in [0.2, 0.25) is 0 Å². The summed E-state index contributed by atoms with van der Waals surface area (Å²) in [5.41, 5.74) is -7.79. The second-order valence-electron chi connectivity index (χ2n) is 4.23. The molecule has 0 fully saturated rings. The van der Waals surface area contributed by atoms with Gasteiger partial charge in [0, 0.05) is 6.07 Å². The molecule has 0 saturated heterocycles. The Morgan fingerprint density at radius 2 is 1.29 bits per heavy atom. The van der Waals surface area contributed by atoms with E-state index in [1.807, 2.05) is 0 Å². The number of aliphatic hydroxyl groups is 1. The van der Waals surface area contributed by atoms with Crippen molar-refractivity contribution in [3.8, 4) is 0 Å². The van der Waals surface area contributed by atoms with Crippen LogP contribution in [0.1, 0.15) is 5.56 Å². The van der Waals surface area contributed by atoms with Gasteiger partial charge < -0.3 is 9.84 Å². The van der Waals surface area contributed by atoms with Crippen LogP contribution in [0.25, 0.3) is 0 Å². The van der Waals surface area contributed by atoms with Crippen LogP contribution in [0, 0.1) is 23.3 Å². The minimum atomic E-state index is -6.59. The molecule has 0 radical (unpaired) electrons. The van der Waals surface area contributed by atoms with Gasteiger partial charge in [-0.25, -0.2) is 22.4 Å². The molecule has 0 aliphatic heterocycles. The molecular formula is C11H4F10O3. The molecule has 0 heterocycles. The summed E-state index contributed by atoms with van der Waals surface area (Å²) in [5, 5.41) is 8.62. The van der Waals surface area contributed by atoms with Crippen molar-refractivity contribution >= 4 is 5.97 Å². The molecule has 0 aliphatic carbocycles. The maximum Gasteiger partial charge on any atom is 0.437 e. The Bertz CT molecular complexity index is 609. The lowest BCUT2D eigenvalue weighted by Gasteiger charge is -2.29. The number of ether oxygens (including phenoxy) is 1. The highest BCUT2D eigenvalue weighted by atomic mass is 19.4. The maximum atomic E-state index is 13.2. The average Bonchev–Trinajstić information content (AvgIpc) is 2.41. The Morgan fingerprint density at radius 3 is 1.62 bits per heavy atom. The van der Waals surface area contributed by atoms with E-state index in [1.54, 1.807) is 0 Å². The van der Waals surface area contributed by atoms with E-state index in [9.17, 15) is 48.7 Å². The van der Waals surface area contributed by atoms with Crippen LogP contribution in [0.15, 0.2) is 6.07 Å². The van der Waals surface area contributed by atoms with E-state index in [4.69, 9.17) is 5.11 Å². The number of alkyl halides is 6. The number of benzene rings is 1. The lowest BCUT2D eigenvalue weighted by molar-refractivity contribution is -0.357. The van der Waals surface area contributed by atoms with E-state index >= 15 is 0 Å². The Morgan fingerprint density at radius 1 is 0.917 bits per heavy atom. The quantitative estimate of drug-likeness (QED) is 0.503. The van der Waals surface area contributed by atoms with Crippen LogP contribution in [-0.2, 0) is 16.1 Å². The summed E-state index contributed by atoms with van der Waals surface area (Å²) < 4.78 is 129. The van der Waals surface area contributed by atoms with Crippen LogP contribution < -0.4 is 0 Å². The highest BCUT2D eigenvalue weighted by Gasteiger charge is 2.76. The molecule has 0 aromatic heterocycles. The van der Waals surface area contributed by atoms with Crippen LogP contribution in [0.5, 0.6) is 0 Å². The standard InChI is InChI=1S/C11H4F10O3/c12-4-1-5(13)7(15)3(6(4)14)2-24-8(22)9(23,10(16,17)18)11(19,20)21/h1,23H,2H2. The molecule has 1 aromatic carbocycles. The molecule has 0 atom stereocenters. The van der Waals surface area contributed by atoms with E-state index in [2.05, 4.69) is 4.74 Å². The molecular weight excluding hydrogens is 370 g/mol. The zero-order valence-electron chi connectivity index (χ0n) is 10.8. The lowest BCUT2D eigenvalue weighted by Crippen LogP contribution is -2.62. The summed E-state index contributed by atoms with van der Waals surface area (Å²) in [6.45, 7) is -2.04. The van der Waals surface area contributed by atoms with Gasteiger partial charge in [-0.3, -0.25) is 0 Å². The van der Waals surface area contributed by atoms with E-state index in [0.717, 1.165) is 0 Å². The molecule has 1 N–H and O–H groups in total. The van der Waals surface area contributed by atoms with Crippen molar-refractivity contribution in [2.45, 2.75) is 24.6 Å². The van der Waals surface area contributed by atoms with Crippen molar-refractivity contribution in [3.05, 3.63) is 34.9 Å². The smallest absolute Gasteiger partial charge is 0.437 e. The number of rotatable bonds is 3. The number of esters is 1. The van der Waals surface area contributed by atoms with Crippen molar-refractivity contribution in [3.63, 3.8) is 0 Å². The second-order valence-corrected chi connectivity index (χ2v) is 4.23. The number of hydrogen-bond acceptors (Lipinski definition) is 3. The van der Waals surface area contributed by atoms with Gasteiger partial charge in [0.2, 0.25) is 0 Å². The second kappa shape index (κ2) is 6.11. The Labute approximate surface area is 125 Å². The summed E-state index contributed by atoms with van der Waals surface area (Å²) in [7, 11) is 0. The van der Waals surface area contributed by atoms with Gasteiger partial charge in [0.15, 0.2) is 23.3 Å². The number of carbonyl (C=O) groups is 1. The number of hydrogen-bond donors (Lipinski definition) is 1. The van der Waals surface area contributed by atoms with Crippen molar-refractivity contribution in [1.82, 2.24) is 0 Å². The first kappa shape index (κ1) is 20.0. The Hall–Kier alpha value is -2.05. The van der Waals surface area contributed by atoms with Crippen molar-refractivity contribution in [2.24, 2.45) is 0 Å². The third kappa shape index (κ3) is 3.25. The summed E-state index contributed by atoms with van der Waals surface area (Å²) in [6, 6.07) is -0.294. The minimum Gasteiger partial charge on any atom is -0.458 e. The van der Waals surface area contributed by atoms with Crippen LogP contribution in [0.4, 0.5) is 43.9 Å². The molecule has 1 aromatic rings. The van der Waals surface area contributed by atoms with Crippen molar-refractivity contribution < 1.29 is 58.5 Å². The van der Waals surface area contributed by atoms with Gasteiger partial charge in [0.1, 0.15) is 6.61 Å². The van der Waals surface area contributed by atoms with Gasteiger partial charge in [-0.1, -0.05) is 0 Å². The van der Waals surface area contributed by atoms with Gasteiger partial charge in [0.05, 0.1) is 5.56 Å². The topological polar surface area (TPSA) is 46.5 Å². The molecule has 0 unspecified atom stereocenters. The zero-order chi connectivity index (χ0) is 19.1. The number of carbonyl (C=O) groups excluding carboxylic acids is 1. The van der Waals surface area contributed by atoms with Gasteiger partial charge >= 0.3 is 23.9 Å². The predicted octanol–water partition coefficient (Wildman–Crippen LogP) is 3.14. The summed E-state index contributed by atoms with van der Waals surface area (Å²) in [4.78, 5) is 11.0. The first-order valence-electron chi connectivity index (χ1n) is 5.49. The zero-order valence-corrected chi connectivity index (χ0v) is 10.8. The summed E-state index contributed by atoms with van der Waals surface area (Å²) >= 11 is 0. The third-order valence-electron chi connectivity index (χ3n) is 2.67. The molecule has 0 spiro atoms. The predicted molar refractivity (Wildman–Crippen MR) is 53.1 cm³/mol. The molecule has 0 bridgehead atoms. The molecule has 3 nitrogen and oxygen atoms in total. The largest absolute Gasteiger partial charge is 0.458 e. The highest BCUT2D eigenvalue weighted by Crippen LogP contribution is 2.44. The fourth-order valence-corrected chi connectivity index (χ4v) is 1.38. The SMILES string of the molecule is O=C(OCc1c(F)c(F)cc(F)c1F)C(O)(C(F)(F)F)C(F)(F)F. The Kier molecular flexibility index (Phi) is 5.09. The fraction of sp³-hybridized carbons (Fsp3) is 0.364. The van der Waals surface area contributed by atoms with Gasteiger partial charge in [-0.15, -0.1) is 0 Å². The van der Waals surface area contributed by atoms with Crippen LogP contribution in [0.3, 0.4) is 0 Å².